The lowest BCUT2D eigenvalue weighted by Crippen LogP contribution is -2.13. The van der Waals surface area contributed by atoms with Gasteiger partial charge < -0.3 is 9.73 Å². The third kappa shape index (κ3) is 4.58. The molecule has 124 valence electrons. The van der Waals surface area contributed by atoms with E-state index in [1.165, 1.54) is 0 Å². The molecule has 1 amide bonds. The zero-order valence-electron chi connectivity index (χ0n) is 14.3. The molecular weight excluding hydrogens is 312 g/mol. The lowest BCUT2D eigenvalue weighted by Gasteiger charge is -2.12. The topological polar surface area (TPSA) is 55.1 Å². The Labute approximate surface area is 142 Å². The van der Waals surface area contributed by atoms with Crippen LogP contribution in [0.4, 0.5) is 5.69 Å². The zero-order valence-corrected chi connectivity index (χ0v) is 15.0. The molecule has 0 aliphatic rings. The Morgan fingerprint density at radius 2 is 2.00 bits per heavy atom. The molecule has 1 aromatic heterocycles. The number of aryl methyl sites for hydroxylation is 3. The molecule has 2 rings (SSSR count). The number of benzene rings is 1. The highest BCUT2D eigenvalue weighted by atomic mass is 35.5. The van der Waals surface area contributed by atoms with Gasteiger partial charge in [-0.15, -0.1) is 0 Å². The average molecular weight is 335 g/mol. The Kier molecular flexibility index (Phi) is 5.15. The molecule has 4 nitrogen and oxygen atoms in total. The predicted octanol–water partition coefficient (Wildman–Crippen LogP) is 4.81. The molecule has 0 aliphatic heterocycles. The first-order chi connectivity index (χ1) is 10.7. The molecule has 0 saturated carbocycles. The summed E-state index contributed by atoms with van der Waals surface area (Å²) in [6.07, 6.45) is 0.867. The molecule has 0 fully saturated rings. The van der Waals surface area contributed by atoms with Gasteiger partial charge in [0.2, 0.25) is 5.91 Å². The molecule has 1 heterocycles. The average Bonchev–Trinajstić information content (AvgIpc) is 2.82. The highest BCUT2D eigenvalue weighted by Crippen LogP contribution is 2.25. The minimum atomic E-state index is -0.136. The number of rotatable bonds is 4. The number of nitrogens with zero attached hydrogens (tertiary/aromatic N) is 1. The van der Waals surface area contributed by atoms with E-state index in [4.69, 9.17) is 16.0 Å². The molecule has 0 bridgehead atoms. The van der Waals surface area contributed by atoms with E-state index in [-0.39, 0.29) is 11.3 Å². The van der Waals surface area contributed by atoms with Gasteiger partial charge in [0, 0.05) is 29.0 Å². The normalized spacial score (nSPS) is 11.6. The quantitative estimate of drug-likeness (QED) is 0.872. The van der Waals surface area contributed by atoms with Crippen molar-refractivity contribution in [1.82, 2.24) is 4.98 Å². The standard InChI is InChI=1S/C18H23ClN2O2/c1-11-6-7-13(19)10-14(11)21-16(22)9-8-15-12(2)20-17(23-15)18(3,4)5/h6-7,10H,8-9H2,1-5H3,(H,21,22). The zero-order chi connectivity index (χ0) is 17.2. The van der Waals surface area contributed by atoms with Crippen LogP contribution in [-0.4, -0.2) is 10.9 Å². The number of aromatic nitrogens is 1. The second-order valence-corrected chi connectivity index (χ2v) is 7.22. The smallest absolute Gasteiger partial charge is 0.224 e. The number of anilines is 1. The molecule has 5 heteroatoms. The number of nitrogens with one attached hydrogen (secondary N) is 1. The van der Waals surface area contributed by atoms with Gasteiger partial charge in [-0.1, -0.05) is 38.4 Å². The third-order valence-corrected chi connectivity index (χ3v) is 3.82. The summed E-state index contributed by atoms with van der Waals surface area (Å²) in [6, 6.07) is 5.44. The predicted molar refractivity (Wildman–Crippen MR) is 93.1 cm³/mol. The van der Waals surface area contributed by atoms with Crippen molar-refractivity contribution in [2.24, 2.45) is 0 Å². The summed E-state index contributed by atoms with van der Waals surface area (Å²) in [5.74, 6) is 1.41. The first kappa shape index (κ1) is 17.5. The van der Waals surface area contributed by atoms with Gasteiger partial charge in [0.15, 0.2) is 5.89 Å². The third-order valence-electron chi connectivity index (χ3n) is 3.59. The van der Waals surface area contributed by atoms with Gasteiger partial charge in [0.25, 0.3) is 0 Å². The van der Waals surface area contributed by atoms with Gasteiger partial charge in [0.1, 0.15) is 5.76 Å². The number of carbonyl (C=O) groups is 1. The van der Waals surface area contributed by atoms with E-state index in [1.54, 1.807) is 12.1 Å². The lowest BCUT2D eigenvalue weighted by atomic mass is 9.97. The first-order valence-electron chi connectivity index (χ1n) is 7.69. The molecule has 0 saturated heterocycles. The van der Waals surface area contributed by atoms with Gasteiger partial charge in [-0.05, 0) is 31.5 Å². The van der Waals surface area contributed by atoms with E-state index in [2.05, 4.69) is 31.1 Å². The van der Waals surface area contributed by atoms with Crippen LogP contribution in [0.3, 0.4) is 0 Å². The minimum absolute atomic E-state index is 0.0662. The number of carbonyl (C=O) groups excluding carboxylic acids is 1. The van der Waals surface area contributed by atoms with Crippen LogP contribution in [0.25, 0.3) is 0 Å². The molecule has 2 aromatic rings. The van der Waals surface area contributed by atoms with Gasteiger partial charge >= 0.3 is 0 Å². The number of hydrogen-bond acceptors (Lipinski definition) is 3. The summed E-state index contributed by atoms with van der Waals surface area (Å²) in [5, 5.41) is 3.50. The number of halogens is 1. The fraction of sp³-hybridized carbons (Fsp3) is 0.444. The number of oxazole rings is 1. The van der Waals surface area contributed by atoms with Crippen LogP contribution in [0.15, 0.2) is 22.6 Å². The van der Waals surface area contributed by atoms with Crippen molar-refractivity contribution >= 4 is 23.2 Å². The SMILES string of the molecule is Cc1ccc(Cl)cc1NC(=O)CCc1oc(C(C)(C)C)nc1C. The lowest BCUT2D eigenvalue weighted by molar-refractivity contribution is -0.116. The summed E-state index contributed by atoms with van der Waals surface area (Å²) in [7, 11) is 0. The van der Waals surface area contributed by atoms with Crippen LogP contribution >= 0.6 is 11.6 Å². The van der Waals surface area contributed by atoms with Gasteiger partial charge in [-0.3, -0.25) is 4.79 Å². The van der Waals surface area contributed by atoms with Crippen molar-refractivity contribution in [3.8, 4) is 0 Å². The number of amides is 1. The van der Waals surface area contributed by atoms with Gasteiger partial charge in [-0.25, -0.2) is 4.98 Å². The molecule has 23 heavy (non-hydrogen) atoms. The van der Waals surface area contributed by atoms with Gasteiger partial charge in [-0.2, -0.15) is 0 Å². The molecule has 0 atom stereocenters. The van der Waals surface area contributed by atoms with Crippen molar-refractivity contribution in [2.75, 3.05) is 5.32 Å². The highest BCUT2D eigenvalue weighted by molar-refractivity contribution is 6.31. The molecule has 1 aromatic carbocycles. The Morgan fingerprint density at radius 3 is 2.61 bits per heavy atom. The van der Waals surface area contributed by atoms with Crippen molar-refractivity contribution < 1.29 is 9.21 Å². The summed E-state index contributed by atoms with van der Waals surface area (Å²) < 4.78 is 5.81. The highest BCUT2D eigenvalue weighted by Gasteiger charge is 2.22. The second kappa shape index (κ2) is 6.75. The summed E-state index contributed by atoms with van der Waals surface area (Å²) in [6.45, 7) is 10.00. The van der Waals surface area contributed by atoms with Crippen LogP contribution < -0.4 is 5.32 Å². The van der Waals surface area contributed by atoms with Crippen LogP contribution in [0, 0.1) is 13.8 Å². The molecule has 0 spiro atoms. The fourth-order valence-electron chi connectivity index (χ4n) is 2.15. The van der Waals surface area contributed by atoms with Crippen molar-refractivity contribution in [3.63, 3.8) is 0 Å². The Balaban J connectivity index is 2.00. The van der Waals surface area contributed by atoms with E-state index in [0.717, 1.165) is 22.7 Å². The molecular formula is C18H23ClN2O2. The van der Waals surface area contributed by atoms with Crippen molar-refractivity contribution in [2.45, 2.75) is 52.9 Å². The Hall–Kier alpha value is -1.81. The Bertz CT molecular complexity index is 714. The van der Waals surface area contributed by atoms with E-state index in [0.29, 0.717) is 23.8 Å². The van der Waals surface area contributed by atoms with E-state index >= 15 is 0 Å². The van der Waals surface area contributed by atoms with Gasteiger partial charge in [0.05, 0.1) is 5.69 Å². The molecule has 1 N–H and O–H groups in total. The van der Waals surface area contributed by atoms with Crippen molar-refractivity contribution in [3.05, 3.63) is 46.1 Å². The van der Waals surface area contributed by atoms with Crippen LogP contribution in [0.1, 0.15) is 50.1 Å². The van der Waals surface area contributed by atoms with Crippen molar-refractivity contribution in [1.29, 1.82) is 0 Å². The molecule has 0 radical (unpaired) electrons. The molecule has 0 aliphatic carbocycles. The number of hydrogen-bond donors (Lipinski definition) is 1. The van der Waals surface area contributed by atoms with Crippen LogP contribution in [0.2, 0.25) is 5.02 Å². The maximum absolute atomic E-state index is 12.1. The Morgan fingerprint density at radius 1 is 1.30 bits per heavy atom. The molecule has 0 unspecified atom stereocenters. The van der Waals surface area contributed by atoms with E-state index in [9.17, 15) is 4.79 Å². The first-order valence-corrected chi connectivity index (χ1v) is 8.07. The van der Waals surface area contributed by atoms with E-state index in [1.807, 2.05) is 19.9 Å². The minimum Gasteiger partial charge on any atom is -0.445 e. The summed E-state index contributed by atoms with van der Waals surface area (Å²) in [4.78, 5) is 16.6. The largest absolute Gasteiger partial charge is 0.445 e. The second-order valence-electron chi connectivity index (χ2n) is 6.79. The van der Waals surface area contributed by atoms with Crippen LogP contribution in [-0.2, 0) is 16.6 Å². The van der Waals surface area contributed by atoms with Crippen LogP contribution in [0.5, 0.6) is 0 Å². The monoisotopic (exact) mass is 334 g/mol. The maximum Gasteiger partial charge on any atom is 0.224 e. The fourth-order valence-corrected chi connectivity index (χ4v) is 2.32. The summed E-state index contributed by atoms with van der Waals surface area (Å²) >= 11 is 5.96. The summed E-state index contributed by atoms with van der Waals surface area (Å²) in [5.41, 5.74) is 2.44. The maximum atomic E-state index is 12.1. The van der Waals surface area contributed by atoms with E-state index < -0.39 is 0 Å².